The summed E-state index contributed by atoms with van der Waals surface area (Å²) >= 11 is 0. The molecule has 0 aromatic rings. The van der Waals surface area contributed by atoms with E-state index in [0.717, 1.165) is 25.8 Å². The van der Waals surface area contributed by atoms with Gasteiger partial charge in [-0.1, -0.05) is 13.8 Å². The summed E-state index contributed by atoms with van der Waals surface area (Å²) in [6.45, 7) is 6.97. The van der Waals surface area contributed by atoms with E-state index in [-0.39, 0.29) is 5.97 Å². The molecule has 2 atom stereocenters. The van der Waals surface area contributed by atoms with E-state index in [1.165, 1.54) is 20.1 Å². The lowest BCUT2D eigenvalue weighted by atomic mass is 9.93. The molecule has 1 heterocycles. The highest BCUT2D eigenvalue weighted by Crippen LogP contribution is 2.38. The molecule has 1 saturated carbocycles. The van der Waals surface area contributed by atoms with Crippen LogP contribution in [0.2, 0.25) is 0 Å². The molecule has 1 saturated heterocycles. The third-order valence-corrected chi connectivity index (χ3v) is 4.77. The van der Waals surface area contributed by atoms with Crippen molar-refractivity contribution in [1.29, 1.82) is 0 Å². The molecular weight excluding hydrogens is 228 g/mol. The molecule has 0 radical (unpaired) electrons. The Labute approximate surface area is 110 Å². The number of carbonyl (C=O) groups excluding carboxylic acids is 1. The number of hydrogen-bond donors (Lipinski definition) is 1. The SMILES string of the molecule is CNC1(C(=O)OC)CCC(N2CCC(C)(C)C2)C1. The number of likely N-dealkylation sites (tertiary alicyclic amines) is 1. The fraction of sp³-hybridized carbons (Fsp3) is 0.929. The third-order valence-electron chi connectivity index (χ3n) is 4.77. The van der Waals surface area contributed by atoms with Crippen LogP contribution in [0, 0.1) is 5.41 Å². The number of rotatable bonds is 3. The summed E-state index contributed by atoms with van der Waals surface area (Å²) in [6, 6.07) is 0.526. The van der Waals surface area contributed by atoms with Gasteiger partial charge in [-0.2, -0.15) is 0 Å². The summed E-state index contributed by atoms with van der Waals surface area (Å²) < 4.78 is 4.96. The van der Waals surface area contributed by atoms with E-state index in [2.05, 4.69) is 24.1 Å². The molecular formula is C14H26N2O2. The van der Waals surface area contributed by atoms with E-state index in [1.807, 2.05) is 7.05 Å². The van der Waals surface area contributed by atoms with E-state index in [1.54, 1.807) is 0 Å². The largest absolute Gasteiger partial charge is 0.468 e. The summed E-state index contributed by atoms with van der Waals surface area (Å²) in [6.07, 6.45) is 4.12. The van der Waals surface area contributed by atoms with Crippen LogP contribution < -0.4 is 5.32 Å². The minimum absolute atomic E-state index is 0.106. The fourth-order valence-corrected chi connectivity index (χ4v) is 3.51. The van der Waals surface area contributed by atoms with Gasteiger partial charge in [-0.3, -0.25) is 9.69 Å². The van der Waals surface area contributed by atoms with Gasteiger partial charge >= 0.3 is 5.97 Å². The van der Waals surface area contributed by atoms with Crippen molar-refractivity contribution in [3.63, 3.8) is 0 Å². The van der Waals surface area contributed by atoms with Gasteiger partial charge in [0.15, 0.2) is 0 Å². The van der Waals surface area contributed by atoms with E-state index < -0.39 is 5.54 Å². The Bertz CT molecular complexity index is 330. The molecule has 1 aliphatic carbocycles. The van der Waals surface area contributed by atoms with Crippen molar-refractivity contribution in [2.75, 3.05) is 27.2 Å². The summed E-state index contributed by atoms with van der Waals surface area (Å²) in [7, 11) is 3.35. The van der Waals surface area contributed by atoms with Gasteiger partial charge in [0.05, 0.1) is 7.11 Å². The number of nitrogens with one attached hydrogen (secondary N) is 1. The molecule has 0 spiro atoms. The minimum atomic E-state index is -0.452. The summed E-state index contributed by atoms with van der Waals surface area (Å²) in [5.74, 6) is -0.106. The van der Waals surface area contributed by atoms with Crippen LogP contribution in [0.5, 0.6) is 0 Å². The number of methoxy groups -OCH3 is 1. The van der Waals surface area contributed by atoms with Gasteiger partial charge in [-0.25, -0.2) is 0 Å². The van der Waals surface area contributed by atoms with Gasteiger partial charge in [0, 0.05) is 12.6 Å². The number of carbonyl (C=O) groups is 1. The average Bonchev–Trinajstić information content (AvgIpc) is 2.92. The van der Waals surface area contributed by atoms with Crippen molar-refractivity contribution in [2.24, 2.45) is 5.41 Å². The highest BCUT2D eigenvalue weighted by Gasteiger charge is 2.48. The van der Waals surface area contributed by atoms with Crippen molar-refractivity contribution in [3.8, 4) is 0 Å². The van der Waals surface area contributed by atoms with Gasteiger partial charge in [-0.15, -0.1) is 0 Å². The lowest BCUT2D eigenvalue weighted by Crippen LogP contribution is -2.50. The molecule has 4 nitrogen and oxygen atoms in total. The van der Waals surface area contributed by atoms with Crippen LogP contribution in [-0.2, 0) is 9.53 Å². The number of ether oxygens (including phenoxy) is 1. The molecule has 2 unspecified atom stereocenters. The van der Waals surface area contributed by atoms with E-state index in [9.17, 15) is 4.79 Å². The van der Waals surface area contributed by atoms with Crippen molar-refractivity contribution >= 4 is 5.97 Å². The van der Waals surface area contributed by atoms with Crippen LogP contribution in [0.15, 0.2) is 0 Å². The third kappa shape index (κ3) is 2.41. The molecule has 1 aliphatic heterocycles. The molecule has 2 rings (SSSR count). The Kier molecular flexibility index (Phi) is 3.70. The Morgan fingerprint density at radius 2 is 2.11 bits per heavy atom. The number of nitrogens with zero attached hydrogens (tertiary/aromatic N) is 1. The van der Waals surface area contributed by atoms with Gasteiger partial charge < -0.3 is 10.1 Å². The molecule has 2 aliphatic rings. The van der Waals surface area contributed by atoms with Crippen molar-refractivity contribution in [2.45, 2.75) is 51.1 Å². The second-order valence-electron chi connectivity index (χ2n) is 6.61. The Hall–Kier alpha value is -0.610. The standard InChI is InChI=1S/C14H26N2O2/c1-13(2)7-8-16(10-13)11-5-6-14(9-11,15-3)12(17)18-4/h11,15H,5-10H2,1-4H3. The summed E-state index contributed by atoms with van der Waals surface area (Å²) in [4.78, 5) is 14.5. The quantitative estimate of drug-likeness (QED) is 0.773. The van der Waals surface area contributed by atoms with Crippen LogP contribution in [0.1, 0.15) is 39.5 Å². The number of likely N-dealkylation sites (N-methyl/N-ethyl adjacent to an activating group) is 1. The maximum Gasteiger partial charge on any atom is 0.326 e. The lowest BCUT2D eigenvalue weighted by Gasteiger charge is -2.29. The molecule has 4 heteroatoms. The van der Waals surface area contributed by atoms with Crippen LogP contribution in [0.3, 0.4) is 0 Å². The van der Waals surface area contributed by atoms with Crippen LogP contribution >= 0.6 is 0 Å². The molecule has 2 fully saturated rings. The van der Waals surface area contributed by atoms with Crippen molar-refractivity contribution in [3.05, 3.63) is 0 Å². The summed E-state index contributed by atoms with van der Waals surface area (Å²) in [5.41, 5.74) is -0.0255. The zero-order valence-electron chi connectivity index (χ0n) is 12.1. The average molecular weight is 254 g/mol. The van der Waals surface area contributed by atoms with Crippen LogP contribution in [-0.4, -0.2) is 49.7 Å². The van der Waals surface area contributed by atoms with E-state index in [4.69, 9.17) is 4.74 Å². The molecule has 18 heavy (non-hydrogen) atoms. The first-order chi connectivity index (χ1) is 8.42. The maximum atomic E-state index is 12.0. The minimum Gasteiger partial charge on any atom is -0.468 e. The molecule has 0 aromatic carbocycles. The predicted molar refractivity (Wildman–Crippen MR) is 71.4 cm³/mol. The highest BCUT2D eigenvalue weighted by atomic mass is 16.5. The fourth-order valence-electron chi connectivity index (χ4n) is 3.51. The normalized spacial score (nSPS) is 35.9. The van der Waals surface area contributed by atoms with Crippen molar-refractivity contribution in [1.82, 2.24) is 10.2 Å². The first-order valence-electron chi connectivity index (χ1n) is 6.94. The molecule has 104 valence electrons. The van der Waals surface area contributed by atoms with Gasteiger partial charge in [0.25, 0.3) is 0 Å². The van der Waals surface area contributed by atoms with Gasteiger partial charge in [0.1, 0.15) is 5.54 Å². The first kappa shape index (κ1) is 13.8. The van der Waals surface area contributed by atoms with Crippen LogP contribution in [0.25, 0.3) is 0 Å². The predicted octanol–water partition coefficient (Wildman–Crippen LogP) is 1.40. The van der Waals surface area contributed by atoms with Crippen molar-refractivity contribution < 1.29 is 9.53 Å². The smallest absolute Gasteiger partial charge is 0.326 e. The maximum absolute atomic E-state index is 12.0. The molecule has 0 amide bonds. The van der Waals surface area contributed by atoms with Gasteiger partial charge in [0.2, 0.25) is 0 Å². The van der Waals surface area contributed by atoms with Crippen LogP contribution in [0.4, 0.5) is 0 Å². The second kappa shape index (κ2) is 4.82. The van der Waals surface area contributed by atoms with E-state index >= 15 is 0 Å². The second-order valence-corrected chi connectivity index (χ2v) is 6.61. The Morgan fingerprint density at radius 1 is 1.39 bits per heavy atom. The Morgan fingerprint density at radius 3 is 2.61 bits per heavy atom. The van der Waals surface area contributed by atoms with Gasteiger partial charge in [-0.05, 0) is 44.7 Å². The van der Waals surface area contributed by atoms with E-state index in [0.29, 0.717) is 11.5 Å². The molecule has 0 bridgehead atoms. The highest BCUT2D eigenvalue weighted by molar-refractivity contribution is 5.81. The summed E-state index contributed by atoms with van der Waals surface area (Å²) in [5, 5.41) is 3.20. The monoisotopic (exact) mass is 254 g/mol. The lowest BCUT2D eigenvalue weighted by molar-refractivity contribution is -0.148. The molecule has 0 aromatic heterocycles. The molecule has 1 N–H and O–H groups in total. The zero-order chi connectivity index (χ0) is 13.4. The Balaban J connectivity index is 2.01. The first-order valence-corrected chi connectivity index (χ1v) is 6.94. The number of esters is 1. The zero-order valence-corrected chi connectivity index (χ0v) is 12.1. The number of hydrogen-bond acceptors (Lipinski definition) is 4. The topological polar surface area (TPSA) is 41.6 Å².